The second-order valence-corrected chi connectivity index (χ2v) is 11.6. The van der Waals surface area contributed by atoms with Crippen molar-refractivity contribution in [2.75, 3.05) is 0 Å². The van der Waals surface area contributed by atoms with Crippen LogP contribution < -0.4 is 0 Å². The summed E-state index contributed by atoms with van der Waals surface area (Å²) >= 11 is 0. The first kappa shape index (κ1) is 23.6. The van der Waals surface area contributed by atoms with E-state index in [1.807, 2.05) is 6.21 Å². The summed E-state index contributed by atoms with van der Waals surface area (Å²) in [5.41, 5.74) is 7.89. The standard InChI is InChI=1S/C29H41NO/c1-19-14-20(2)26(24(15-19)21-12-10-9-11-13-21)30-18-22-16-23(28(3,4)5)17-25(27(22)31)29(6,7)8/h14-18,21,31H,9-13H2,1-8H3. The molecule has 168 valence electrons. The van der Waals surface area contributed by atoms with Gasteiger partial charge in [-0.1, -0.05) is 84.6 Å². The first-order valence-electron chi connectivity index (χ1n) is 11.9. The lowest BCUT2D eigenvalue weighted by Crippen LogP contribution is -2.17. The molecule has 0 saturated heterocycles. The highest BCUT2D eigenvalue weighted by Gasteiger charge is 2.25. The Labute approximate surface area is 189 Å². The number of nitrogens with zero attached hydrogens (tertiary/aromatic N) is 1. The minimum Gasteiger partial charge on any atom is -0.507 e. The average molecular weight is 420 g/mol. The van der Waals surface area contributed by atoms with Crippen molar-refractivity contribution < 1.29 is 5.11 Å². The van der Waals surface area contributed by atoms with Crippen molar-refractivity contribution in [3.8, 4) is 5.75 Å². The van der Waals surface area contributed by atoms with Crippen molar-refractivity contribution in [3.63, 3.8) is 0 Å². The van der Waals surface area contributed by atoms with Gasteiger partial charge in [-0.2, -0.15) is 0 Å². The number of aryl methyl sites for hydroxylation is 2. The number of aromatic hydroxyl groups is 1. The van der Waals surface area contributed by atoms with Crippen molar-refractivity contribution in [1.82, 2.24) is 0 Å². The summed E-state index contributed by atoms with van der Waals surface area (Å²) in [7, 11) is 0. The number of phenolic OH excluding ortho intramolecular Hbond substituents is 1. The van der Waals surface area contributed by atoms with E-state index in [0.29, 0.717) is 11.7 Å². The normalized spacial score (nSPS) is 16.3. The molecular weight excluding hydrogens is 378 g/mol. The summed E-state index contributed by atoms with van der Waals surface area (Å²) in [6, 6.07) is 8.84. The zero-order valence-electron chi connectivity index (χ0n) is 20.9. The molecule has 0 aliphatic heterocycles. The number of rotatable bonds is 3. The van der Waals surface area contributed by atoms with Gasteiger partial charge >= 0.3 is 0 Å². The maximum atomic E-state index is 11.1. The highest BCUT2D eigenvalue weighted by Crippen LogP contribution is 2.41. The molecule has 1 fully saturated rings. The van der Waals surface area contributed by atoms with Gasteiger partial charge in [-0.05, 0) is 66.2 Å². The molecule has 2 aromatic rings. The molecule has 0 spiro atoms. The highest BCUT2D eigenvalue weighted by atomic mass is 16.3. The third-order valence-electron chi connectivity index (χ3n) is 6.67. The highest BCUT2D eigenvalue weighted by molar-refractivity contribution is 5.87. The SMILES string of the molecule is Cc1cc(C)c(N=Cc2cc(C(C)(C)C)cc(C(C)(C)C)c2O)c(C2CCCCC2)c1. The molecule has 0 aromatic heterocycles. The molecule has 1 N–H and O–H groups in total. The second-order valence-electron chi connectivity index (χ2n) is 11.6. The monoisotopic (exact) mass is 419 g/mol. The van der Waals surface area contributed by atoms with Crippen molar-refractivity contribution in [1.29, 1.82) is 0 Å². The van der Waals surface area contributed by atoms with Crippen molar-refractivity contribution in [3.05, 3.63) is 57.6 Å². The van der Waals surface area contributed by atoms with Gasteiger partial charge in [0.25, 0.3) is 0 Å². The van der Waals surface area contributed by atoms with Gasteiger partial charge in [-0.15, -0.1) is 0 Å². The third-order valence-corrected chi connectivity index (χ3v) is 6.67. The smallest absolute Gasteiger partial charge is 0.128 e. The van der Waals surface area contributed by atoms with E-state index >= 15 is 0 Å². The fourth-order valence-corrected chi connectivity index (χ4v) is 4.79. The van der Waals surface area contributed by atoms with Crippen molar-refractivity contribution in [2.45, 2.75) is 104 Å². The zero-order valence-corrected chi connectivity index (χ0v) is 20.9. The summed E-state index contributed by atoms with van der Waals surface area (Å²) in [5, 5.41) is 11.1. The number of aliphatic imine (C=N–C) groups is 1. The summed E-state index contributed by atoms with van der Waals surface area (Å²) in [5.74, 6) is 0.951. The predicted molar refractivity (Wildman–Crippen MR) is 135 cm³/mol. The Morgan fingerprint density at radius 2 is 1.52 bits per heavy atom. The minimum absolute atomic E-state index is 0.00330. The Balaban J connectivity index is 2.12. The van der Waals surface area contributed by atoms with Crippen LogP contribution in [0.2, 0.25) is 0 Å². The van der Waals surface area contributed by atoms with Gasteiger partial charge in [-0.25, -0.2) is 0 Å². The van der Waals surface area contributed by atoms with Gasteiger partial charge in [0.2, 0.25) is 0 Å². The maximum absolute atomic E-state index is 11.1. The van der Waals surface area contributed by atoms with Crippen LogP contribution in [0.1, 0.15) is 113 Å². The van der Waals surface area contributed by atoms with Crippen LogP contribution in [0.5, 0.6) is 5.75 Å². The van der Waals surface area contributed by atoms with Crippen LogP contribution in [0, 0.1) is 13.8 Å². The van der Waals surface area contributed by atoms with Gasteiger partial charge in [-0.3, -0.25) is 4.99 Å². The predicted octanol–water partition coefficient (Wildman–Crippen LogP) is 8.40. The van der Waals surface area contributed by atoms with E-state index < -0.39 is 0 Å². The second kappa shape index (κ2) is 8.81. The number of phenols is 1. The van der Waals surface area contributed by atoms with Crippen LogP contribution in [0.3, 0.4) is 0 Å². The van der Waals surface area contributed by atoms with Gasteiger partial charge < -0.3 is 5.11 Å². The number of hydrogen-bond acceptors (Lipinski definition) is 2. The Kier molecular flexibility index (Phi) is 6.69. The van der Waals surface area contributed by atoms with E-state index in [-0.39, 0.29) is 10.8 Å². The molecule has 0 amide bonds. The Bertz CT molecular complexity index is 964. The minimum atomic E-state index is -0.138. The van der Waals surface area contributed by atoms with Crippen LogP contribution in [0.4, 0.5) is 5.69 Å². The van der Waals surface area contributed by atoms with Gasteiger partial charge in [0.15, 0.2) is 0 Å². The molecule has 0 heterocycles. The molecule has 2 nitrogen and oxygen atoms in total. The van der Waals surface area contributed by atoms with E-state index in [9.17, 15) is 5.11 Å². The fraction of sp³-hybridized carbons (Fsp3) is 0.552. The van der Waals surface area contributed by atoms with Crippen LogP contribution in [-0.2, 0) is 10.8 Å². The van der Waals surface area contributed by atoms with Crippen LogP contribution in [-0.4, -0.2) is 11.3 Å². The Morgan fingerprint density at radius 3 is 2.10 bits per heavy atom. The molecule has 0 bridgehead atoms. The summed E-state index contributed by atoms with van der Waals surface area (Å²) < 4.78 is 0. The van der Waals surface area contributed by atoms with Gasteiger partial charge in [0.05, 0.1) is 5.69 Å². The first-order chi connectivity index (χ1) is 14.4. The molecule has 1 aliphatic rings. The lowest BCUT2D eigenvalue weighted by molar-refractivity contribution is 0.443. The molecule has 1 aliphatic carbocycles. The molecular formula is C29H41NO. The molecule has 0 unspecified atom stereocenters. The number of hydrogen-bond donors (Lipinski definition) is 1. The lowest BCUT2D eigenvalue weighted by Gasteiger charge is -2.27. The maximum Gasteiger partial charge on any atom is 0.128 e. The molecule has 0 radical (unpaired) electrons. The largest absolute Gasteiger partial charge is 0.507 e. The van der Waals surface area contributed by atoms with E-state index in [0.717, 1.165) is 16.8 Å². The molecule has 0 atom stereocenters. The van der Waals surface area contributed by atoms with Gasteiger partial charge in [0.1, 0.15) is 5.75 Å². The molecule has 1 saturated carbocycles. The Morgan fingerprint density at radius 1 is 0.871 bits per heavy atom. The molecule has 2 aromatic carbocycles. The Hall–Kier alpha value is -2.09. The number of benzene rings is 2. The molecule has 31 heavy (non-hydrogen) atoms. The fourth-order valence-electron chi connectivity index (χ4n) is 4.79. The summed E-state index contributed by atoms with van der Waals surface area (Å²) in [6.45, 7) is 17.5. The molecule has 2 heteroatoms. The first-order valence-corrected chi connectivity index (χ1v) is 11.9. The summed E-state index contributed by atoms with van der Waals surface area (Å²) in [6.07, 6.45) is 8.37. The quantitative estimate of drug-likeness (QED) is 0.498. The van der Waals surface area contributed by atoms with Crippen LogP contribution >= 0.6 is 0 Å². The average Bonchev–Trinajstić information content (AvgIpc) is 2.66. The van der Waals surface area contributed by atoms with Crippen molar-refractivity contribution in [2.24, 2.45) is 4.99 Å². The van der Waals surface area contributed by atoms with Crippen molar-refractivity contribution >= 4 is 11.9 Å². The van der Waals surface area contributed by atoms with Crippen LogP contribution in [0.25, 0.3) is 0 Å². The zero-order chi connectivity index (χ0) is 23.0. The summed E-state index contributed by atoms with van der Waals surface area (Å²) in [4.78, 5) is 5.01. The van der Waals surface area contributed by atoms with E-state index in [1.54, 1.807) is 0 Å². The lowest BCUT2D eigenvalue weighted by atomic mass is 9.79. The topological polar surface area (TPSA) is 32.6 Å². The van der Waals surface area contributed by atoms with E-state index in [1.165, 1.54) is 54.4 Å². The van der Waals surface area contributed by atoms with E-state index in [4.69, 9.17) is 4.99 Å². The molecule has 3 rings (SSSR count). The third kappa shape index (κ3) is 5.40. The van der Waals surface area contributed by atoms with Crippen LogP contribution in [0.15, 0.2) is 29.3 Å². The van der Waals surface area contributed by atoms with Gasteiger partial charge in [0, 0.05) is 17.3 Å². The van der Waals surface area contributed by atoms with E-state index in [2.05, 4.69) is 79.7 Å².